The van der Waals surface area contributed by atoms with Crippen LogP contribution in [0.2, 0.25) is 0 Å². The summed E-state index contributed by atoms with van der Waals surface area (Å²) < 4.78 is 12.8. The molecule has 2 aromatic rings. The Bertz CT molecular complexity index is 565. The molecule has 92 valence electrons. The van der Waals surface area contributed by atoms with Crippen molar-refractivity contribution in [1.29, 1.82) is 5.41 Å². The Morgan fingerprint density at radius 2 is 2.00 bits per heavy atom. The third-order valence-corrected chi connectivity index (χ3v) is 2.61. The summed E-state index contributed by atoms with van der Waals surface area (Å²) in [6.07, 6.45) is 1.15. The fourth-order valence-corrected chi connectivity index (χ4v) is 1.68. The molecule has 0 saturated carbocycles. The Morgan fingerprint density at radius 1 is 1.28 bits per heavy atom. The monoisotopic (exact) mass is 244 g/mol. The van der Waals surface area contributed by atoms with Gasteiger partial charge in [-0.25, -0.2) is 9.37 Å². The van der Waals surface area contributed by atoms with Crippen molar-refractivity contribution in [2.45, 2.75) is 0 Å². The van der Waals surface area contributed by atoms with Crippen LogP contribution in [0.5, 0.6) is 0 Å². The number of anilines is 2. The Morgan fingerprint density at radius 3 is 2.61 bits per heavy atom. The van der Waals surface area contributed by atoms with Crippen LogP contribution in [-0.2, 0) is 0 Å². The van der Waals surface area contributed by atoms with Gasteiger partial charge in [-0.3, -0.25) is 5.41 Å². The highest BCUT2D eigenvalue weighted by Crippen LogP contribution is 2.25. The molecule has 2 rings (SSSR count). The quantitative estimate of drug-likeness (QED) is 0.643. The average molecular weight is 244 g/mol. The molecule has 0 atom stereocenters. The lowest BCUT2D eigenvalue weighted by molar-refractivity contribution is 0.621. The summed E-state index contributed by atoms with van der Waals surface area (Å²) in [4.78, 5) is 5.75. The van der Waals surface area contributed by atoms with Gasteiger partial charge in [-0.15, -0.1) is 0 Å². The fraction of sp³-hybridized carbons (Fsp3) is 0.0769. The van der Waals surface area contributed by atoms with Crippen molar-refractivity contribution in [3.63, 3.8) is 0 Å². The van der Waals surface area contributed by atoms with Crippen molar-refractivity contribution in [3.05, 3.63) is 54.0 Å². The number of nitrogens with two attached hydrogens (primary N) is 1. The lowest BCUT2D eigenvalue weighted by atomic mass is 10.1. The molecule has 0 bridgehead atoms. The summed E-state index contributed by atoms with van der Waals surface area (Å²) in [5.74, 6) is 0.191. The van der Waals surface area contributed by atoms with E-state index < -0.39 is 0 Å². The molecule has 0 aliphatic rings. The maximum atomic E-state index is 12.8. The molecule has 0 spiro atoms. The zero-order valence-electron chi connectivity index (χ0n) is 9.89. The molecular weight excluding hydrogens is 231 g/mol. The second-order valence-electron chi connectivity index (χ2n) is 3.82. The Hall–Kier alpha value is -2.43. The molecule has 0 saturated heterocycles. The van der Waals surface area contributed by atoms with Gasteiger partial charge >= 0.3 is 0 Å². The van der Waals surface area contributed by atoms with Crippen LogP contribution < -0.4 is 10.6 Å². The first-order valence-corrected chi connectivity index (χ1v) is 5.38. The minimum atomic E-state index is -0.382. The van der Waals surface area contributed by atoms with Gasteiger partial charge in [0.1, 0.15) is 17.5 Å². The zero-order valence-corrected chi connectivity index (χ0v) is 9.89. The SMILES string of the molecule is CN(c1ccc(F)cn1)c1ccccc1C(=N)N. The Labute approximate surface area is 104 Å². The van der Waals surface area contributed by atoms with Crippen molar-refractivity contribution < 1.29 is 4.39 Å². The molecule has 0 aliphatic carbocycles. The van der Waals surface area contributed by atoms with Crippen molar-refractivity contribution in [3.8, 4) is 0 Å². The molecule has 4 nitrogen and oxygen atoms in total. The molecule has 0 aliphatic heterocycles. The second kappa shape index (κ2) is 4.83. The average Bonchev–Trinajstić information content (AvgIpc) is 2.39. The van der Waals surface area contributed by atoms with E-state index in [0.29, 0.717) is 11.4 Å². The van der Waals surface area contributed by atoms with Crippen LogP contribution in [0.15, 0.2) is 42.6 Å². The summed E-state index contributed by atoms with van der Waals surface area (Å²) in [6.45, 7) is 0. The minimum Gasteiger partial charge on any atom is -0.384 e. The lowest BCUT2D eigenvalue weighted by Crippen LogP contribution is -2.19. The zero-order chi connectivity index (χ0) is 13.1. The van der Waals surface area contributed by atoms with E-state index in [9.17, 15) is 4.39 Å². The maximum Gasteiger partial charge on any atom is 0.141 e. The standard InChI is InChI=1S/C13H13FN4/c1-18(12-7-6-9(14)8-17-12)11-5-3-2-4-10(11)13(15)16/h2-8H,1H3,(H3,15,16). The van der Waals surface area contributed by atoms with Gasteiger partial charge in [0.25, 0.3) is 0 Å². The second-order valence-corrected chi connectivity index (χ2v) is 3.82. The molecule has 0 unspecified atom stereocenters. The summed E-state index contributed by atoms with van der Waals surface area (Å²) in [7, 11) is 1.79. The molecule has 0 amide bonds. The van der Waals surface area contributed by atoms with Gasteiger partial charge in [0.15, 0.2) is 0 Å². The predicted molar refractivity (Wildman–Crippen MR) is 69.7 cm³/mol. The van der Waals surface area contributed by atoms with Gasteiger partial charge in [-0.1, -0.05) is 12.1 Å². The fourth-order valence-electron chi connectivity index (χ4n) is 1.68. The summed E-state index contributed by atoms with van der Waals surface area (Å²) in [5.41, 5.74) is 6.90. The third-order valence-electron chi connectivity index (χ3n) is 2.61. The Balaban J connectivity index is 2.42. The van der Waals surface area contributed by atoms with Crippen LogP contribution in [0.25, 0.3) is 0 Å². The number of halogens is 1. The lowest BCUT2D eigenvalue weighted by Gasteiger charge is -2.20. The molecular formula is C13H13FN4. The molecule has 1 aromatic heterocycles. The van der Waals surface area contributed by atoms with E-state index in [1.54, 1.807) is 24.1 Å². The largest absolute Gasteiger partial charge is 0.384 e. The van der Waals surface area contributed by atoms with Crippen LogP contribution in [0, 0.1) is 11.2 Å². The number of amidine groups is 1. The van der Waals surface area contributed by atoms with Crippen LogP contribution in [0.3, 0.4) is 0 Å². The molecule has 0 fully saturated rings. The molecule has 0 radical (unpaired) electrons. The third kappa shape index (κ3) is 2.29. The number of benzene rings is 1. The molecule has 1 aromatic carbocycles. The molecule has 5 heteroatoms. The summed E-state index contributed by atoms with van der Waals surface area (Å²) >= 11 is 0. The van der Waals surface area contributed by atoms with E-state index >= 15 is 0 Å². The van der Waals surface area contributed by atoms with Crippen LogP contribution in [0.4, 0.5) is 15.9 Å². The first-order valence-electron chi connectivity index (χ1n) is 5.38. The van der Waals surface area contributed by atoms with Crippen molar-refractivity contribution >= 4 is 17.3 Å². The number of nitrogens with one attached hydrogen (secondary N) is 1. The van der Waals surface area contributed by atoms with Crippen LogP contribution in [0.1, 0.15) is 5.56 Å². The van der Waals surface area contributed by atoms with E-state index in [4.69, 9.17) is 11.1 Å². The number of pyridine rings is 1. The van der Waals surface area contributed by atoms with Crippen molar-refractivity contribution in [2.75, 3.05) is 11.9 Å². The predicted octanol–water partition coefficient (Wildman–Crippen LogP) is 2.27. The first-order chi connectivity index (χ1) is 8.59. The van der Waals surface area contributed by atoms with Gasteiger partial charge in [-0.05, 0) is 24.3 Å². The molecule has 1 heterocycles. The highest BCUT2D eigenvalue weighted by molar-refractivity contribution is 6.01. The highest BCUT2D eigenvalue weighted by atomic mass is 19.1. The number of para-hydroxylation sites is 1. The van der Waals surface area contributed by atoms with E-state index in [0.717, 1.165) is 11.9 Å². The normalized spacial score (nSPS) is 10.1. The number of aromatic nitrogens is 1. The first kappa shape index (κ1) is 12.0. The highest BCUT2D eigenvalue weighted by Gasteiger charge is 2.11. The van der Waals surface area contributed by atoms with Crippen molar-refractivity contribution in [2.24, 2.45) is 5.73 Å². The summed E-state index contributed by atoms with van der Waals surface area (Å²) in [5, 5.41) is 7.54. The number of rotatable bonds is 3. The maximum absolute atomic E-state index is 12.8. The number of hydrogen-bond donors (Lipinski definition) is 2. The van der Waals surface area contributed by atoms with E-state index in [-0.39, 0.29) is 11.7 Å². The van der Waals surface area contributed by atoms with Crippen molar-refractivity contribution in [1.82, 2.24) is 4.98 Å². The summed E-state index contributed by atoms with van der Waals surface area (Å²) in [6, 6.07) is 10.2. The molecule has 3 N–H and O–H groups in total. The topological polar surface area (TPSA) is 66.0 Å². The number of hydrogen-bond acceptors (Lipinski definition) is 3. The van der Waals surface area contributed by atoms with E-state index in [2.05, 4.69) is 4.98 Å². The van der Waals surface area contributed by atoms with Gasteiger partial charge in [-0.2, -0.15) is 0 Å². The minimum absolute atomic E-state index is 0.0143. The van der Waals surface area contributed by atoms with E-state index in [1.807, 2.05) is 18.2 Å². The smallest absolute Gasteiger partial charge is 0.141 e. The van der Waals surface area contributed by atoms with Gasteiger partial charge < -0.3 is 10.6 Å². The molecule has 18 heavy (non-hydrogen) atoms. The van der Waals surface area contributed by atoms with E-state index in [1.165, 1.54) is 6.07 Å². The van der Waals surface area contributed by atoms with Gasteiger partial charge in [0.05, 0.1) is 11.9 Å². The number of nitrogens with zero attached hydrogens (tertiary/aromatic N) is 2. The van der Waals surface area contributed by atoms with Crippen LogP contribution >= 0.6 is 0 Å². The van der Waals surface area contributed by atoms with Crippen LogP contribution in [-0.4, -0.2) is 17.9 Å². The van der Waals surface area contributed by atoms with Gasteiger partial charge in [0.2, 0.25) is 0 Å². The van der Waals surface area contributed by atoms with Gasteiger partial charge in [0, 0.05) is 12.6 Å². The number of nitrogen functional groups attached to an aromatic ring is 1. The Kier molecular flexibility index (Phi) is 3.23.